The number of fused-ring (bicyclic) bond motifs is 1. The maximum atomic E-state index is 13.6. The molecule has 0 saturated heterocycles. The van der Waals surface area contributed by atoms with Crippen LogP contribution in [0.25, 0.3) is 11.0 Å². The van der Waals surface area contributed by atoms with Crippen molar-refractivity contribution in [1.82, 2.24) is 20.3 Å². The van der Waals surface area contributed by atoms with E-state index in [2.05, 4.69) is 20.9 Å². The number of anilines is 1. The molecule has 11 heteroatoms. The molecule has 0 saturated carbocycles. The molecule has 0 unspecified atom stereocenters. The molecule has 0 fully saturated rings. The minimum Gasteiger partial charge on any atom is -0.481 e. The van der Waals surface area contributed by atoms with Crippen molar-refractivity contribution in [3.05, 3.63) is 87.5 Å². The Morgan fingerprint density at radius 2 is 1.84 bits per heavy atom. The first kappa shape index (κ1) is 31.1. The fourth-order valence-electron chi connectivity index (χ4n) is 4.90. The van der Waals surface area contributed by atoms with Crippen molar-refractivity contribution in [3.63, 3.8) is 0 Å². The van der Waals surface area contributed by atoms with Gasteiger partial charge in [-0.05, 0) is 56.0 Å². The van der Waals surface area contributed by atoms with E-state index in [1.807, 2.05) is 33.8 Å². The van der Waals surface area contributed by atoms with Crippen molar-refractivity contribution >= 4 is 34.4 Å². The van der Waals surface area contributed by atoms with Gasteiger partial charge in [0, 0.05) is 22.7 Å². The summed E-state index contributed by atoms with van der Waals surface area (Å²) in [5, 5.41) is 24.4. The van der Waals surface area contributed by atoms with E-state index >= 15 is 0 Å². The molecule has 0 bridgehead atoms. The smallest absolute Gasteiger partial charge is 0.340 e. The van der Waals surface area contributed by atoms with Crippen LogP contribution < -0.4 is 16.3 Å². The summed E-state index contributed by atoms with van der Waals surface area (Å²) in [6.45, 7) is 9.56. The Hall–Kier alpha value is -4.80. The number of unbranched alkanes of at least 4 members (excludes halogenated alkanes) is 1. The number of hydrogen-bond acceptors (Lipinski definition) is 7. The number of aryl methyl sites for hydroxylation is 1. The number of carboxylic acid groups (broad SMARTS) is 1. The third-order valence-corrected chi connectivity index (χ3v) is 7.94. The fraction of sp³-hybridized carbons (Fsp3) is 0.375. The summed E-state index contributed by atoms with van der Waals surface area (Å²) >= 11 is 0. The number of amides is 2. The molecule has 11 nitrogen and oxygen atoms in total. The normalized spacial score (nSPS) is 13.4. The topological polar surface area (TPSA) is 156 Å². The van der Waals surface area contributed by atoms with Crippen LogP contribution in [0.3, 0.4) is 0 Å². The zero-order valence-electron chi connectivity index (χ0n) is 25.0. The van der Waals surface area contributed by atoms with Crippen LogP contribution in [0.2, 0.25) is 0 Å². The number of nitrogens with one attached hydrogen (secondary N) is 2. The van der Waals surface area contributed by atoms with Gasteiger partial charge in [-0.25, -0.2) is 9.48 Å². The quantitative estimate of drug-likeness (QED) is 0.196. The molecule has 2 aromatic carbocycles. The zero-order valence-corrected chi connectivity index (χ0v) is 25.0. The number of nitrogens with zero attached hydrogens (tertiary/aromatic N) is 3. The lowest BCUT2D eigenvalue weighted by Crippen LogP contribution is -2.47. The highest BCUT2D eigenvalue weighted by molar-refractivity contribution is 5.96. The van der Waals surface area contributed by atoms with Gasteiger partial charge in [0.15, 0.2) is 0 Å². The number of carboxylic acids is 1. The first-order valence-corrected chi connectivity index (χ1v) is 14.3. The maximum absolute atomic E-state index is 13.6. The molecule has 226 valence electrons. The van der Waals surface area contributed by atoms with Crippen LogP contribution in [0.15, 0.2) is 63.9 Å². The highest BCUT2D eigenvalue weighted by atomic mass is 16.4. The second-order valence-corrected chi connectivity index (χ2v) is 11.2. The largest absolute Gasteiger partial charge is 0.481 e. The Bertz CT molecular complexity index is 1690. The monoisotopic (exact) mass is 587 g/mol. The molecule has 3 N–H and O–H groups in total. The second kappa shape index (κ2) is 13.0. The lowest BCUT2D eigenvalue weighted by molar-refractivity contribution is -0.136. The van der Waals surface area contributed by atoms with Gasteiger partial charge < -0.3 is 20.2 Å². The summed E-state index contributed by atoms with van der Waals surface area (Å²) in [7, 11) is 0. The average molecular weight is 588 g/mol. The van der Waals surface area contributed by atoms with Crippen molar-refractivity contribution in [1.29, 1.82) is 0 Å². The number of carbonyl (C=O) groups excluding carboxylic acids is 2. The molecule has 43 heavy (non-hydrogen) atoms. The molecule has 4 rings (SSSR count). The van der Waals surface area contributed by atoms with E-state index in [9.17, 15) is 19.2 Å². The number of hydrogen-bond donors (Lipinski definition) is 3. The minimum absolute atomic E-state index is 0.0417. The van der Waals surface area contributed by atoms with Crippen LogP contribution in [-0.4, -0.2) is 37.9 Å². The Morgan fingerprint density at radius 3 is 2.49 bits per heavy atom. The molecule has 0 aliphatic carbocycles. The molecular formula is C32H37N5O6. The second-order valence-electron chi connectivity index (χ2n) is 11.2. The number of aliphatic carboxylic acids is 1. The zero-order chi connectivity index (χ0) is 31.3. The number of rotatable bonds is 12. The van der Waals surface area contributed by atoms with Crippen LogP contribution in [0.5, 0.6) is 0 Å². The van der Waals surface area contributed by atoms with Gasteiger partial charge in [-0.2, -0.15) is 0 Å². The van der Waals surface area contributed by atoms with E-state index in [-0.39, 0.29) is 28.9 Å². The van der Waals surface area contributed by atoms with Crippen LogP contribution in [0, 0.1) is 12.8 Å². The third-order valence-electron chi connectivity index (χ3n) is 7.94. The van der Waals surface area contributed by atoms with Gasteiger partial charge in [0.05, 0.1) is 23.7 Å². The lowest BCUT2D eigenvalue weighted by atomic mass is 9.85. The van der Waals surface area contributed by atoms with Crippen LogP contribution >= 0.6 is 0 Å². The van der Waals surface area contributed by atoms with Crippen molar-refractivity contribution < 1.29 is 23.9 Å². The van der Waals surface area contributed by atoms with Gasteiger partial charge in [-0.15, -0.1) is 5.10 Å². The predicted molar refractivity (Wildman–Crippen MR) is 162 cm³/mol. The molecule has 0 radical (unpaired) electrons. The van der Waals surface area contributed by atoms with Crippen LogP contribution in [-0.2, 0) is 21.5 Å². The Balaban J connectivity index is 1.60. The number of carbonyl (C=O) groups is 3. The summed E-state index contributed by atoms with van der Waals surface area (Å²) in [6.07, 6.45) is 3.39. The van der Waals surface area contributed by atoms with Crippen molar-refractivity contribution in [2.24, 2.45) is 5.92 Å². The van der Waals surface area contributed by atoms with Gasteiger partial charge in [0.1, 0.15) is 17.3 Å². The van der Waals surface area contributed by atoms with Gasteiger partial charge in [0.25, 0.3) is 5.91 Å². The van der Waals surface area contributed by atoms with E-state index < -0.39 is 29.6 Å². The van der Waals surface area contributed by atoms with E-state index in [4.69, 9.17) is 9.52 Å². The molecule has 2 amide bonds. The van der Waals surface area contributed by atoms with Gasteiger partial charge >= 0.3 is 11.6 Å². The summed E-state index contributed by atoms with van der Waals surface area (Å²) < 4.78 is 6.93. The Kier molecular flexibility index (Phi) is 9.43. The SMILES string of the molecule is CCCC[C@@H](C(=O)Nc1ccc2c(C)c(CC(=O)O)c(=O)oc2c1)n1cc([C@@](C)(NC(=O)c2ccccc2)C(C)C)nn1. The minimum atomic E-state index is -1.12. The molecule has 4 aromatic rings. The van der Waals surface area contributed by atoms with Gasteiger partial charge in [-0.3, -0.25) is 14.4 Å². The van der Waals surface area contributed by atoms with E-state index in [0.29, 0.717) is 34.3 Å². The standard InChI is InChI=1S/C32H37N5O6/c1-6-7-13-25(30(41)33-22-14-15-23-20(4)24(17-28(38)39)31(42)43-26(23)16-22)37-18-27(35-36-37)32(5,19(2)3)34-29(40)21-11-9-8-10-12-21/h8-12,14-16,18-19,25H,6-7,13,17H2,1-5H3,(H,33,41)(H,34,40)(H,38,39)/t25-,32-/m0/s1. The highest BCUT2D eigenvalue weighted by Crippen LogP contribution is 2.30. The van der Waals surface area contributed by atoms with E-state index in [1.54, 1.807) is 55.6 Å². The molecule has 2 atom stereocenters. The fourth-order valence-corrected chi connectivity index (χ4v) is 4.90. The molecule has 0 spiro atoms. The maximum Gasteiger partial charge on any atom is 0.340 e. The number of aromatic nitrogens is 3. The highest BCUT2D eigenvalue weighted by Gasteiger charge is 2.36. The summed E-state index contributed by atoms with van der Waals surface area (Å²) in [4.78, 5) is 50.3. The molecule has 0 aliphatic heterocycles. The molecule has 2 aromatic heterocycles. The lowest BCUT2D eigenvalue weighted by Gasteiger charge is -2.33. The summed E-state index contributed by atoms with van der Waals surface area (Å²) in [6, 6.07) is 13.2. The van der Waals surface area contributed by atoms with Gasteiger partial charge in [0.2, 0.25) is 5.91 Å². The molecule has 0 aliphatic rings. The van der Waals surface area contributed by atoms with Crippen molar-refractivity contribution in [3.8, 4) is 0 Å². The predicted octanol–water partition coefficient (Wildman–Crippen LogP) is 4.99. The van der Waals surface area contributed by atoms with Crippen molar-refractivity contribution in [2.45, 2.75) is 71.9 Å². The average Bonchev–Trinajstić information content (AvgIpc) is 3.46. The van der Waals surface area contributed by atoms with Gasteiger partial charge in [-0.1, -0.05) is 57.0 Å². The third kappa shape index (κ3) is 6.82. The van der Waals surface area contributed by atoms with Crippen molar-refractivity contribution in [2.75, 3.05) is 5.32 Å². The first-order valence-electron chi connectivity index (χ1n) is 14.3. The summed E-state index contributed by atoms with van der Waals surface area (Å²) in [5.74, 6) is -1.73. The van der Waals surface area contributed by atoms with Crippen LogP contribution in [0.1, 0.15) is 80.2 Å². The molecule has 2 heterocycles. The van der Waals surface area contributed by atoms with E-state index in [1.165, 1.54) is 4.68 Å². The number of benzene rings is 2. The van der Waals surface area contributed by atoms with Crippen LogP contribution in [0.4, 0.5) is 5.69 Å². The Morgan fingerprint density at radius 1 is 1.12 bits per heavy atom. The van der Waals surface area contributed by atoms with E-state index in [0.717, 1.165) is 12.8 Å². The summed E-state index contributed by atoms with van der Waals surface area (Å²) in [5.41, 5.74) is 0.743. The molecular weight excluding hydrogens is 550 g/mol. The first-order chi connectivity index (χ1) is 20.4. The Labute approximate surface area is 249 Å².